The average molecular weight is 328 g/mol. The zero-order valence-electron chi connectivity index (χ0n) is 12.5. The van der Waals surface area contributed by atoms with Gasteiger partial charge >= 0.3 is 0 Å². The molecular formula is C15H26BrN3. The zero-order valence-corrected chi connectivity index (χ0v) is 14.0. The van der Waals surface area contributed by atoms with Crippen molar-refractivity contribution in [1.29, 1.82) is 0 Å². The van der Waals surface area contributed by atoms with Gasteiger partial charge in [0.25, 0.3) is 0 Å². The van der Waals surface area contributed by atoms with Crippen molar-refractivity contribution >= 4 is 21.7 Å². The number of hydrogen-bond donors (Lipinski definition) is 0. The molecule has 4 heteroatoms. The second kappa shape index (κ2) is 9.29. The molecule has 0 unspecified atom stereocenters. The molecule has 0 aromatic carbocycles. The monoisotopic (exact) mass is 327 g/mol. The van der Waals surface area contributed by atoms with Crippen LogP contribution in [0.15, 0.2) is 10.7 Å². The fraction of sp³-hybridized carbons (Fsp3) is 0.733. The summed E-state index contributed by atoms with van der Waals surface area (Å²) in [6.07, 6.45) is 6.90. The molecule has 0 aliphatic rings. The van der Waals surface area contributed by atoms with E-state index < -0.39 is 0 Å². The van der Waals surface area contributed by atoms with Crippen LogP contribution in [-0.2, 0) is 6.42 Å². The summed E-state index contributed by atoms with van der Waals surface area (Å²) < 4.78 is 0.902. The van der Waals surface area contributed by atoms with Crippen LogP contribution in [0.25, 0.3) is 0 Å². The smallest absolute Gasteiger partial charge is 0.133 e. The normalized spacial score (nSPS) is 10.7. The van der Waals surface area contributed by atoms with Crippen molar-refractivity contribution in [3.63, 3.8) is 0 Å². The van der Waals surface area contributed by atoms with Crippen LogP contribution in [0.4, 0.5) is 5.82 Å². The standard InChI is InChI=1S/C15H26BrN3/c1-4-7-10-19(11-8-5-2)15-12-13(16)17-14(18-15)9-6-3/h12H,4-11H2,1-3H3. The highest BCUT2D eigenvalue weighted by molar-refractivity contribution is 9.10. The molecule has 0 aliphatic heterocycles. The van der Waals surface area contributed by atoms with Crippen molar-refractivity contribution in [2.45, 2.75) is 59.3 Å². The first kappa shape index (κ1) is 16.4. The Morgan fingerprint density at radius 3 is 2.16 bits per heavy atom. The van der Waals surface area contributed by atoms with Gasteiger partial charge in [-0.05, 0) is 35.2 Å². The SMILES string of the molecule is CCCCN(CCCC)c1cc(Br)nc(CCC)n1. The molecule has 0 atom stereocenters. The lowest BCUT2D eigenvalue weighted by atomic mass is 10.2. The van der Waals surface area contributed by atoms with E-state index in [1.165, 1.54) is 25.7 Å². The number of nitrogens with zero attached hydrogens (tertiary/aromatic N) is 3. The minimum atomic E-state index is 0.902. The number of unbranched alkanes of at least 4 members (excludes halogenated alkanes) is 2. The Morgan fingerprint density at radius 1 is 1.00 bits per heavy atom. The van der Waals surface area contributed by atoms with Gasteiger partial charge in [-0.1, -0.05) is 33.6 Å². The summed E-state index contributed by atoms with van der Waals surface area (Å²) in [5.41, 5.74) is 0. The van der Waals surface area contributed by atoms with Gasteiger partial charge in [0.05, 0.1) is 0 Å². The van der Waals surface area contributed by atoms with E-state index >= 15 is 0 Å². The van der Waals surface area contributed by atoms with Crippen LogP contribution in [0.3, 0.4) is 0 Å². The lowest BCUT2D eigenvalue weighted by Crippen LogP contribution is -2.27. The third-order valence-electron chi connectivity index (χ3n) is 3.09. The topological polar surface area (TPSA) is 29.0 Å². The molecule has 0 amide bonds. The second-order valence-corrected chi connectivity index (χ2v) is 5.72. The van der Waals surface area contributed by atoms with Crippen LogP contribution in [0.1, 0.15) is 58.7 Å². The molecule has 0 fully saturated rings. The Kier molecular flexibility index (Phi) is 8.03. The highest BCUT2D eigenvalue weighted by Gasteiger charge is 2.10. The minimum absolute atomic E-state index is 0.902. The van der Waals surface area contributed by atoms with E-state index in [9.17, 15) is 0 Å². The quantitative estimate of drug-likeness (QED) is 0.621. The lowest BCUT2D eigenvalue weighted by molar-refractivity contribution is 0.666. The molecule has 0 aliphatic carbocycles. The van der Waals surface area contributed by atoms with E-state index in [2.05, 4.69) is 46.6 Å². The van der Waals surface area contributed by atoms with Gasteiger partial charge in [-0.3, -0.25) is 0 Å². The molecule has 0 spiro atoms. The molecule has 1 rings (SSSR count). The summed E-state index contributed by atoms with van der Waals surface area (Å²) in [4.78, 5) is 11.6. The van der Waals surface area contributed by atoms with E-state index in [-0.39, 0.29) is 0 Å². The predicted molar refractivity (Wildman–Crippen MR) is 85.8 cm³/mol. The number of hydrogen-bond acceptors (Lipinski definition) is 3. The van der Waals surface area contributed by atoms with Gasteiger partial charge in [0, 0.05) is 25.6 Å². The third kappa shape index (κ3) is 5.89. The van der Waals surface area contributed by atoms with Gasteiger partial charge in [0.15, 0.2) is 0 Å². The van der Waals surface area contributed by atoms with Crippen LogP contribution in [-0.4, -0.2) is 23.1 Å². The molecule has 1 heterocycles. The van der Waals surface area contributed by atoms with Gasteiger partial charge in [-0.25, -0.2) is 9.97 Å². The Labute approximate surface area is 126 Å². The van der Waals surface area contributed by atoms with Crippen LogP contribution >= 0.6 is 15.9 Å². The summed E-state index contributed by atoms with van der Waals surface area (Å²) in [5, 5.41) is 0. The number of aryl methyl sites for hydroxylation is 1. The molecule has 108 valence electrons. The number of anilines is 1. The fourth-order valence-corrected chi connectivity index (χ4v) is 2.40. The van der Waals surface area contributed by atoms with Crippen LogP contribution in [0.5, 0.6) is 0 Å². The first-order chi connectivity index (χ1) is 9.21. The van der Waals surface area contributed by atoms with E-state index in [4.69, 9.17) is 4.98 Å². The molecular weight excluding hydrogens is 302 g/mol. The van der Waals surface area contributed by atoms with Crippen molar-refractivity contribution < 1.29 is 0 Å². The van der Waals surface area contributed by atoms with Crippen molar-refractivity contribution in [2.24, 2.45) is 0 Å². The van der Waals surface area contributed by atoms with E-state index in [1.54, 1.807) is 0 Å². The fourth-order valence-electron chi connectivity index (χ4n) is 1.99. The lowest BCUT2D eigenvalue weighted by Gasteiger charge is -2.24. The van der Waals surface area contributed by atoms with Crippen molar-refractivity contribution in [3.05, 3.63) is 16.5 Å². The van der Waals surface area contributed by atoms with Crippen molar-refractivity contribution in [3.8, 4) is 0 Å². The van der Waals surface area contributed by atoms with E-state index in [1.807, 2.05) is 6.07 Å². The molecule has 0 saturated heterocycles. The summed E-state index contributed by atoms with van der Waals surface area (Å²) in [7, 11) is 0. The largest absolute Gasteiger partial charge is 0.356 e. The molecule has 0 N–H and O–H groups in total. The Morgan fingerprint density at radius 2 is 1.63 bits per heavy atom. The number of rotatable bonds is 9. The van der Waals surface area contributed by atoms with Gasteiger partial charge in [0.1, 0.15) is 16.2 Å². The third-order valence-corrected chi connectivity index (χ3v) is 3.49. The molecule has 0 saturated carbocycles. The first-order valence-electron chi connectivity index (χ1n) is 7.49. The van der Waals surface area contributed by atoms with Crippen LogP contribution in [0, 0.1) is 0 Å². The number of halogens is 1. The Balaban J connectivity index is 2.85. The zero-order chi connectivity index (χ0) is 14.1. The van der Waals surface area contributed by atoms with E-state index in [0.717, 1.165) is 42.2 Å². The summed E-state index contributed by atoms with van der Waals surface area (Å²) in [6, 6.07) is 2.05. The summed E-state index contributed by atoms with van der Waals surface area (Å²) in [6.45, 7) is 8.81. The maximum atomic E-state index is 4.71. The molecule has 0 radical (unpaired) electrons. The molecule has 1 aromatic rings. The average Bonchev–Trinajstić information content (AvgIpc) is 2.38. The maximum Gasteiger partial charge on any atom is 0.133 e. The molecule has 1 aromatic heterocycles. The molecule has 0 bridgehead atoms. The van der Waals surface area contributed by atoms with Gasteiger partial charge in [-0.15, -0.1) is 0 Å². The predicted octanol–water partition coefficient (Wildman–Crippen LogP) is 4.60. The minimum Gasteiger partial charge on any atom is -0.356 e. The Bertz CT molecular complexity index is 360. The van der Waals surface area contributed by atoms with Gasteiger partial charge in [-0.2, -0.15) is 0 Å². The highest BCUT2D eigenvalue weighted by Crippen LogP contribution is 2.18. The van der Waals surface area contributed by atoms with Gasteiger partial charge in [0.2, 0.25) is 0 Å². The summed E-state index contributed by atoms with van der Waals surface area (Å²) >= 11 is 3.51. The highest BCUT2D eigenvalue weighted by atomic mass is 79.9. The second-order valence-electron chi connectivity index (χ2n) is 4.91. The van der Waals surface area contributed by atoms with Crippen LogP contribution < -0.4 is 4.90 Å². The summed E-state index contributed by atoms with van der Waals surface area (Å²) in [5.74, 6) is 2.03. The van der Waals surface area contributed by atoms with Gasteiger partial charge < -0.3 is 4.90 Å². The van der Waals surface area contributed by atoms with Crippen LogP contribution in [0.2, 0.25) is 0 Å². The van der Waals surface area contributed by atoms with Crippen molar-refractivity contribution in [1.82, 2.24) is 9.97 Å². The maximum absolute atomic E-state index is 4.71. The number of aromatic nitrogens is 2. The molecule has 19 heavy (non-hydrogen) atoms. The first-order valence-corrected chi connectivity index (χ1v) is 8.28. The Hall–Kier alpha value is -0.640. The molecule has 3 nitrogen and oxygen atoms in total. The van der Waals surface area contributed by atoms with E-state index in [0.29, 0.717) is 0 Å². The van der Waals surface area contributed by atoms with Crippen molar-refractivity contribution in [2.75, 3.05) is 18.0 Å².